The quantitative estimate of drug-likeness (QED) is 0.938. The molecule has 3 nitrogen and oxygen atoms in total. The fourth-order valence-electron chi connectivity index (χ4n) is 3.37. The van der Waals surface area contributed by atoms with Crippen molar-refractivity contribution in [2.24, 2.45) is 0 Å². The minimum Gasteiger partial charge on any atom is -0.310 e. The molecule has 3 rings (SSSR count). The summed E-state index contributed by atoms with van der Waals surface area (Å²) in [5.41, 5.74) is 4.87. The van der Waals surface area contributed by atoms with Crippen molar-refractivity contribution in [2.75, 3.05) is 6.26 Å². The molecule has 0 spiro atoms. The first-order valence-electron chi connectivity index (χ1n) is 8.03. The lowest BCUT2D eigenvalue weighted by atomic mass is 9.88. The Bertz CT molecular complexity index is 812. The molecule has 1 atom stereocenters. The highest BCUT2D eigenvalue weighted by Gasteiger charge is 2.18. The van der Waals surface area contributed by atoms with Crippen LogP contribution < -0.4 is 5.32 Å². The largest absolute Gasteiger partial charge is 0.310 e. The molecule has 0 unspecified atom stereocenters. The van der Waals surface area contributed by atoms with E-state index >= 15 is 0 Å². The van der Waals surface area contributed by atoms with Crippen LogP contribution >= 0.6 is 0 Å². The SMILES string of the molecule is Cc1cc(CN[C@@H]2CCc3ccccc3C2)ccc1S(C)(=O)=O. The molecule has 1 aliphatic carbocycles. The van der Waals surface area contributed by atoms with E-state index in [1.807, 2.05) is 19.1 Å². The molecule has 2 aromatic rings. The minimum absolute atomic E-state index is 0.424. The molecule has 0 aromatic heterocycles. The molecule has 0 heterocycles. The molecular weight excluding hydrogens is 306 g/mol. The van der Waals surface area contributed by atoms with Gasteiger partial charge in [0.25, 0.3) is 0 Å². The van der Waals surface area contributed by atoms with Gasteiger partial charge in [0.2, 0.25) is 0 Å². The van der Waals surface area contributed by atoms with E-state index in [4.69, 9.17) is 0 Å². The summed E-state index contributed by atoms with van der Waals surface area (Å²) in [6, 6.07) is 14.7. The van der Waals surface area contributed by atoms with Gasteiger partial charge in [-0.1, -0.05) is 36.4 Å². The average molecular weight is 329 g/mol. The molecule has 4 heteroatoms. The van der Waals surface area contributed by atoms with Gasteiger partial charge in [-0.2, -0.15) is 0 Å². The highest BCUT2D eigenvalue weighted by atomic mass is 32.2. The van der Waals surface area contributed by atoms with Crippen molar-refractivity contribution in [1.29, 1.82) is 0 Å². The molecule has 122 valence electrons. The van der Waals surface area contributed by atoms with Crippen LogP contribution in [0, 0.1) is 6.92 Å². The van der Waals surface area contributed by atoms with Crippen molar-refractivity contribution in [2.45, 2.75) is 43.7 Å². The summed E-state index contributed by atoms with van der Waals surface area (Å²) in [5, 5.41) is 3.61. The molecule has 0 radical (unpaired) electrons. The Balaban J connectivity index is 1.65. The Morgan fingerprint density at radius 2 is 1.87 bits per heavy atom. The van der Waals surface area contributed by atoms with Gasteiger partial charge in [0.1, 0.15) is 0 Å². The molecule has 2 aromatic carbocycles. The van der Waals surface area contributed by atoms with Crippen LogP contribution in [-0.4, -0.2) is 20.7 Å². The van der Waals surface area contributed by atoms with Crippen LogP contribution in [0.5, 0.6) is 0 Å². The number of hydrogen-bond donors (Lipinski definition) is 1. The normalized spacial score (nSPS) is 17.7. The average Bonchev–Trinajstić information content (AvgIpc) is 2.51. The van der Waals surface area contributed by atoms with Gasteiger partial charge < -0.3 is 5.32 Å². The highest BCUT2D eigenvalue weighted by Crippen LogP contribution is 2.22. The maximum Gasteiger partial charge on any atom is 0.175 e. The Morgan fingerprint density at radius 1 is 1.13 bits per heavy atom. The molecular formula is C19H23NO2S. The summed E-state index contributed by atoms with van der Waals surface area (Å²) in [5.74, 6) is 0. The first kappa shape index (κ1) is 16.2. The molecule has 1 N–H and O–H groups in total. The summed E-state index contributed by atoms with van der Waals surface area (Å²) in [7, 11) is -3.14. The third-order valence-electron chi connectivity index (χ3n) is 4.58. The van der Waals surface area contributed by atoms with Crippen molar-refractivity contribution in [3.63, 3.8) is 0 Å². The lowest BCUT2D eigenvalue weighted by molar-refractivity contribution is 0.457. The lowest BCUT2D eigenvalue weighted by Gasteiger charge is -2.25. The summed E-state index contributed by atoms with van der Waals surface area (Å²) < 4.78 is 23.3. The van der Waals surface area contributed by atoms with E-state index in [2.05, 4.69) is 29.6 Å². The van der Waals surface area contributed by atoms with Gasteiger partial charge in [0, 0.05) is 18.8 Å². The second-order valence-electron chi connectivity index (χ2n) is 6.46. The van der Waals surface area contributed by atoms with E-state index in [1.54, 1.807) is 6.07 Å². The van der Waals surface area contributed by atoms with E-state index in [0.717, 1.165) is 36.9 Å². The zero-order valence-electron chi connectivity index (χ0n) is 13.7. The Morgan fingerprint density at radius 3 is 2.57 bits per heavy atom. The van der Waals surface area contributed by atoms with E-state index in [-0.39, 0.29) is 0 Å². The Hall–Kier alpha value is -1.65. The second kappa shape index (κ2) is 6.46. The fourth-order valence-corrected chi connectivity index (χ4v) is 4.33. The number of benzene rings is 2. The summed E-state index contributed by atoms with van der Waals surface area (Å²) in [6.07, 6.45) is 4.60. The van der Waals surface area contributed by atoms with Crippen LogP contribution in [-0.2, 0) is 29.2 Å². The molecule has 0 saturated heterocycles. The lowest BCUT2D eigenvalue weighted by Crippen LogP contribution is -2.34. The van der Waals surface area contributed by atoms with E-state index < -0.39 is 9.84 Å². The number of sulfone groups is 1. The summed E-state index contributed by atoms with van der Waals surface area (Å²) in [6.45, 7) is 2.63. The maximum atomic E-state index is 11.7. The monoisotopic (exact) mass is 329 g/mol. The molecule has 0 amide bonds. The molecule has 23 heavy (non-hydrogen) atoms. The van der Waals surface area contributed by atoms with Gasteiger partial charge in [0.15, 0.2) is 9.84 Å². The molecule has 1 aliphatic rings. The number of hydrogen-bond acceptors (Lipinski definition) is 3. The third kappa shape index (κ3) is 3.82. The van der Waals surface area contributed by atoms with Crippen molar-refractivity contribution in [3.05, 3.63) is 64.7 Å². The second-order valence-corrected chi connectivity index (χ2v) is 8.45. The number of fused-ring (bicyclic) bond motifs is 1. The topological polar surface area (TPSA) is 46.2 Å². The molecule has 0 fully saturated rings. The Kier molecular flexibility index (Phi) is 4.55. The van der Waals surface area contributed by atoms with Crippen molar-refractivity contribution < 1.29 is 8.42 Å². The molecule has 0 saturated carbocycles. The van der Waals surface area contributed by atoms with Gasteiger partial charge in [-0.25, -0.2) is 8.42 Å². The van der Waals surface area contributed by atoms with E-state index in [1.165, 1.54) is 17.4 Å². The van der Waals surface area contributed by atoms with E-state index in [9.17, 15) is 8.42 Å². The van der Waals surface area contributed by atoms with Gasteiger partial charge in [-0.3, -0.25) is 0 Å². The number of rotatable bonds is 4. The van der Waals surface area contributed by atoms with Crippen LogP contribution in [0.3, 0.4) is 0 Å². The van der Waals surface area contributed by atoms with Crippen LogP contribution in [0.15, 0.2) is 47.4 Å². The zero-order chi connectivity index (χ0) is 16.4. The van der Waals surface area contributed by atoms with E-state index in [0.29, 0.717) is 10.9 Å². The smallest absolute Gasteiger partial charge is 0.175 e. The van der Waals surface area contributed by atoms with Crippen LogP contribution in [0.4, 0.5) is 0 Å². The standard InChI is InChI=1S/C19H23NO2S/c1-14-11-15(7-10-19(14)23(2,21)22)13-20-18-9-8-16-5-3-4-6-17(16)12-18/h3-7,10-11,18,20H,8-9,12-13H2,1-2H3/t18-/m1/s1. The summed E-state index contributed by atoms with van der Waals surface area (Å²) in [4.78, 5) is 0.424. The third-order valence-corrected chi connectivity index (χ3v) is 5.84. The maximum absolute atomic E-state index is 11.7. The van der Waals surface area contributed by atoms with Gasteiger partial charge in [-0.15, -0.1) is 0 Å². The van der Waals surface area contributed by atoms with Gasteiger partial charge in [-0.05, 0) is 54.5 Å². The highest BCUT2D eigenvalue weighted by molar-refractivity contribution is 7.90. The first-order chi connectivity index (χ1) is 10.9. The van der Waals surface area contributed by atoms with Crippen molar-refractivity contribution >= 4 is 9.84 Å². The van der Waals surface area contributed by atoms with Crippen LogP contribution in [0.1, 0.15) is 28.7 Å². The van der Waals surface area contributed by atoms with Crippen LogP contribution in [0.2, 0.25) is 0 Å². The predicted octanol–water partition coefficient (Wildman–Crippen LogP) is 3.05. The summed E-state index contributed by atoms with van der Waals surface area (Å²) >= 11 is 0. The van der Waals surface area contributed by atoms with Crippen molar-refractivity contribution in [3.8, 4) is 0 Å². The zero-order valence-corrected chi connectivity index (χ0v) is 14.5. The van der Waals surface area contributed by atoms with Gasteiger partial charge >= 0.3 is 0 Å². The Labute approximate surface area is 138 Å². The number of aryl methyl sites for hydroxylation is 2. The fraction of sp³-hybridized carbons (Fsp3) is 0.368. The van der Waals surface area contributed by atoms with Crippen molar-refractivity contribution in [1.82, 2.24) is 5.32 Å². The number of nitrogens with one attached hydrogen (secondary N) is 1. The molecule has 0 bridgehead atoms. The predicted molar refractivity (Wildman–Crippen MR) is 93.4 cm³/mol. The van der Waals surface area contributed by atoms with Crippen LogP contribution in [0.25, 0.3) is 0 Å². The first-order valence-corrected chi connectivity index (χ1v) is 9.92. The van der Waals surface area contributed by atoms with Gasteiger partial charge in [0.05, 0.1) is 4.90 Å². The minimum atomic E-state index is -3.14. The molecule has 0 aliphatic heterocycles.